The van der Waals surface area contributed by atoms with Gasteiger partial charge in [0.05, 0.1) is 11.6 Å². The Kier molecular flexibility index (Phi) is 9.71. The highest BCUT2D eigenvalue weighted by molar-refractivity contribution is 6.74. The van der Waals surface area contributed by atoms with E-state index in [0.717, 1.165) is 36.1 Å². The number of rotatable bonds is 7. The fourth-order valence-electron chi connectivity index (χ4n) is 8.43. The SMILES string of the molecule is CN1CCCC1c1cc2c(c(OC(=O)OC(C)(C)C)c1)C(O)=C1C(=O)[C@]3(O[Si](C)(C)C(C)(C)C)C(=O)c4c(OCc5ccccc5)noc4[C@@H](N)[C@@H]3C[C@@H]1C2. The van der Waals surface area contributed by atoms with Crippen LogP contribution in [-0.4, -0.2) is 66.0 Å². The zero-order chi connectivity index (χ0) is 39.8. The molecule has 1 saturated heterocycles. The summed E-state index contributed by atoms with van der Waals surface area (Å²) in [4.78, 5) is 46.2. The van der Waals surface area contributed by atoms with E-state index in [4.69, 9.17) is 28.9 Å². The summed E-state index contributed by atoms with van der Waals surface area (Å²) in [6.45, 7) is 16.3. The highest BCUT2D eigenvalue weighted by Crippen LogP contribution is 2.58. The number of hydrogen-bond donors (Lipinski definition) is 2. The lowest BCUT2D eigenvalue weighted by atomic mass is 9.57. The van der Waals surface area contributed by atoms with Gasteiger partial charge < -0.3 is 34.0 Å². The summed E-state index contributed by atoms with van der Waals surface area (Å²) in [5.41, 5.74) is 6.85. The number of carbonyl (C=O) groups is 3. The van der Waals surface area contributed by atoms with E-state index in [1.807, 2.05) is 70.3 Å². The Bertz CT molecular complexity index is 2060. The van der Waals surface area contributed by atoms with E-state index in [1.54, 1.807) is 26.8 Å². The maximum absolute atomic E-state index is 15.5. The van der Waals surface area contributed by atoms with Crippen molar-refractivity contribution in [1.29, 1.82) is 0 Å². The van der Waals surface area contributed by atoms with Crippen molar-refractivity contribution >= 4 is 31.8 Å². The summed E-state index contributed by atoms with van der Waals surface area (Å²) in [6, 6.07) is 12.3. The minimum atomic E-state index is -2.93. The van der Waals surface area contributed by atoms with Crippen LogP contribution >= 0.6 is 0 Å². The van der Waals surface area contributed by atoms with Gasteiger partial charge in [-0.25, -0.2) is 4.79 Å². The lowest BCUT2D eigenvalue weighted by Gasteiger charge is -2.53. The molecular formula is C42H53N3O9Si. The standard InChI is InChI=1S/C42H53N3O9Si/c1-40(2,3)52-39(49)51-29-21-24(28-16-13-17-45(28)7)18-25-19-26-20-27-33(43)35-32(38(44-53-35)50-22-23-14-11-10-12-15-23)37(48)42(27,54-55(8,9)41(4,5)6)36(47)31(26)34(46)30(25)29/h10-12,14-15,18,21,26-28,33,46H,13,16-17,19-20,22,43H2,1-9H3/t26-,27-,28?,33-,42-/m0/s1. The first-order valence-corrected chi connectivity index (χ1v) is 22.1. The Morgan fingerprint density at radius 3 is 2.42 bits per heavy atom. The Balaban J connectivity index is 1.38. The van der Waals surface area contributed by atoms with Crippen molar-refractivity contribution in [2.45, 2.75) is 115 Å². The summed E-state index contributed by atoms with van der Waals surface area (Å²) in [7, 11) is -0.876. The molecule has 0 radical (unpaired) electrons. The molecule has 0 spiro atoms. The molecule has 1 aromatic heterocycles. The highest BCUT2D eigenvalue weighted by atomic mass is 28.4. The number of nitrogens with zero attached hydrogens (tertiary/aromatic N) is 2. The Hall–Kier alpha value is -4.30. The van der Waals surface area contributed by atoms with Gasteiger partial charge in [-0.2, -0.15) is 0 Å². The molecule has 55 heavy (non-hydrogen) atoms. The summed E-state index contributed by atoms with van der Waals surface area (Å²) < 4.78 is 30.3. The van der Waals surface area contributed by atoms with Gasteiger partial charge >= 0.3 is 6.16 Å². The number of aliphatic hydroxyl groups is 1. The fourth-order valence-corrected chi connectivity index (χ4v) is 9.88. The monoisotopic (exact) mass is 771 g/mol. The molecule has 2 heterocycles. The lowest BCUT2D eigenvalue weighted by Crippen LogP contribution is -2.68. The minimum Gasteiger partial charge on any atom is -0.507 e. The number of hydrogen-bond acceptors (Lipinski definition) is 12. The molecule has 1 unspecified atom stereocenters. The van der Waals surface area contributed by atoms with Crippen LogP contribution in [0.15, 0.2) is 52.6 Å². The molecule has 12 nitrogen and oxygen atoms in total. The van der Waals surface area contributed by atoms with Gasteiger partial charge in [-0.1, -0.05) is 57.2 Å². The van der Waals surface area contributed by atoms with E-state index in [2.05, 4.69) is 17.1 Å². The van der Waals surface area contributed by atoms with E-state index in [9.17, 15) is 9.90 Å². The summed E-state index contributed by atoms with van der Waals surface area (Å²) in [5, 5.41) is 16.1. The molecule has 294 valence electrons. The molecule has 5 atom stereocenters. The number of ketones is 2. The molecule has 4 aliphatic rings. The molecule has 13 heteroatoms. The third kappa shape index (κ3) is 6.72. The second-order valence-corrected chi connectivity index (χ2v) is 22.8. The van der Waals surface area contributed by atoms with Crippen molar-refractivity contribution in [2.75, 3.05) is 13.6 Å². The third-order valence-electron chi connectivity index (χ3n) is 12.1. The van der Waals surface area contributed by atoms with Gasteiger partial charge in [0.25, 0.3) is 5.88 Å². The van der Waals surface area contributed by atoms with Gasteiger partial charge in [0.1, 0.15) is 29.3 Å². The van der Waals surface area contributed by atoms with Crippen LogP contribution in [0.25, 0.3) is 5.76 Å². The van der Waals surface area contributed by atoms with Crippen LogP contribution in [0.4, 0.5) is 4.79 Å². The molecule has 0 amide bonds. The van der Waals surface area contributed by atoms with Crippen LogP contribution in [0.2, 0.25) is 18.1 Å². The average Bonchev–Trinajstić information content (AvgIpc) is 3.72. The number of carbonyl (C=O) groups excluding carboxylic acids is 3. The summed E-state index contributed by atoms with van der Waals surface area (Å²) >= 11 is 0. The van der Waals surface area contributed by atoms with Gasteiger partial charge in [0.2, 0.25) is 11.6 Å². The second-order valence-electron chi connectivity index (χ2n) is 18.0. The largest absolute Gasteiger partial charge is 0.514 e. The van der Waals surface area contributed by atoms with Crippen molar-refractivity contribution in [1.82, 2.24) is 10.1 Å². The maximum Gasteiger partial charge on any atom is 0.514 e. The number of ether oxygens (including phenoxy) is 3. The number of aromatic nitrogens is 1. The number of likely N-dealkylation sites (tertiary alicyclic amines) is 1. The maximum atomic E-state index is 15.5. The van der Waals surface area contributed by atoms with Gasteiger partial charge in [-0.05, 0) is 112 Å². The van der Waals surface area contributed by atoms with Crippen LogP contribution in [-0.2, 0) is 27.0 Å². The van der Waals surface area contributed by atoms with E-state index in [1.165, 1.54) is 0 Å². The Morgan fingerprint density at radius 1 is 1.07 bits per heavy atom. The van der Waals surface area contributed by atoms with E-state index < -0.39 is 60.2 Å². The number of nitrogens with two attached hydrogens (primary N) is 1. The van der Waals surface area contributed by atoms with Gasteiger partial charge in [-0.15, -0.1) is 0 Å². The number of aliphatic hydroxyl groups excluding tert-OH is 1. The van der Waals surface area contributed by atoms with E-state index >= 15 is 9.59 Å². The van der Waals surface area contributed by atoms with Crippen molar-refractivity contribution in [3.8, 4) is 11.6 Å². The van der Waals surface area contributed by atoms with Crippen molar-refractivity contribution in [2.24, 2.45) is 17.6 Å². The van der Waals surface area contributed by atoms with E-state index in [-0.39, 0.29) is 58.9 Å². The molecule has 2 fully saturated rings. The summed E-state index contributed by atoms with van der Waals surface area (Å²) in [5.74, 6) is -2.87. The molecule has 3 aromatic rings. The first-order chi connectivity index (χ1) is 25.7. The van der Waals surface area contributed by atoms with Crippen LogP contribution in [0, 0.1) is 11.8 Å². The molecular weight excluding hydrogens is 719 g/mol. The van der Waals surface area contributed by atoms with Crippen molar-refractivity contribution in [3.05, 3.63) is 81.6 Å². The molecule has 7 rings (SSSR count). The number of fused-ring (bicyclic) bond motifs is 4. The highest BCUT2D eigenvalue weighted by Gasteiger charge is 2.68. The molecule has 1 saturated carbocycles. The van der Waals surface area contributed by atoms with Crippen LogP contribution < -0.4 is 15.2 Å². The quantitative estimate of drug-likeness (QED) is 0.103. The first kappa shape index (κ1) is 39.0. The predicted molar refractivity (Wildman–Crippen MR) is 207 cm³/mol. The molecule has 3 N–H and O–H groups in total. The van der Waals surface area contributed by atoms with Crippen molar-refractivity contribution in [3.63, 3.8) is 0 Å². The molecule has 3 aliphatic carbocycles. The van der Waals surface area contributed by atoms with Crippen LogP contribution in [0.3, 0.4) is 0 Å². The lowest BCUT2D eigenvalue weighted by molar-refractivity contribution is -0.138. The van der Waals surface area contributed by atoms with Crippen LogP contribution in [0.5, 0.6) is 11.6 Å². The zero-order valence-corrected chi connectivity index (χ0v) is 34.3. The normalized spacial score (nSPS) is 25.6. The second kappa shape index (κ2) is 13.7. The third-order valence-corrected chi connectivity index (χ3v) is 16.6. The van der Waals surface area contributed by atoms with Crippen molar-refractivity contribution < 1.29 is 42.6 Å². The number of benzene rings is 2. The van der Waals surface area contributed by atoms with E-state index in [0.29, 0.717) is 6.42 Å². The summed E-state index contributed by atoms with van der Waals surface area (Å²) in [6.07, 6.45) is 1.56. The molecule has 1 aliphatic heterocycles. The number of Topliss-reactive ketones (excluding diaryl/α,β-unsaturated/α-hetero) is 2. The predicted octanol–water partition coefficient (Wildman–Crippen LogP) is 8.02. The molecule has 2 aromatic carbocycles. The Labute approximate surface area is 323 Å². The minimum absolute atomic E-state index is 0.0271. The molecule has 0 bridgehead atoms. The van der Waals surface area contributed by atoms with Gasteiger partial charge in [0.15, 0.2) is 19.7 Å². The van der Waals surface area contributed by atoms with Gasteiger partial charge in [-0.3, -0.25) is 14.5 Å². The van der Waals surface area contributed by atoms with Gasteiger partial charge in [0, 0.05) is 17.5 Å². The topological polar surface area (TPSA) is 164 Å². The fraction of sp³-hybridized carbons (Fsp3) is 0.524. The average molecular weight is 772 g/mol. The smallest absolute Gasteiger partial charge is 0.507 e. The zero-order valence-electron chi connectivity index (χ0n) is 33.3. The van der Waals surface area contributed by atoms with Crippen LogP contribution in [0.1, 0.15) is 111 Å². The Morgan fingerprint density at radius 2 is 1.78 bits per heavy atom. The first-order valence-electron chi connectivity index (χ1n) is 19.2.